The third-order valence-corrected chi connectivity index (χ3v) is 2.79. The number of nitrogens with zero attached hydrogens (tertiary/aromatic N) is 2. The standard InChI is InChI=1S/C11H11ClN2O2/c12-10-8(7-13)1-4-14-11(10)16-9-2-5-15-6-3-9/h1,4,9H,2-3,5-6H2. The Balaban J connectivity index is 2.12. The molecule has 1 saturated heterocycles. The van der Waals surface area contributed by atoms with Crippen LogP contribution in [0.4, 0.5) is 0 Å². The van der Waals surface area contributed by atoms with Crippen LogP contribution in [0, 0.1) is 11.3 Å². The second kappa shape index (κ2) is 5.15. The molecule has 2 heterocycles. The Hall–Kier alpha value is -1.31. The molecule has 84 valence electrons. The number of hydrogen-bond acceptors (Lipinski definition) is 4. The van der Waals surface area contributed by atoms with Crippen molar-refractivity contribution in [2.24, 2.45) is 0 Å². The summed E-state index contributed by atoms with van der Waals surface area (Å²) in [6, 6.07) is 3.56. The first-order valence-corrected chi connectivity index (χ1v) is 5.48. The maximum absolute atomic E-state index is 8.81. The zero-order chi connectivity index (χ0) is 11.4. The molecule has 4 nitrogen and oxygen atoms in total. The fraction of sp³-hybridized carbons (Fsp3) is 0.455. The van der Waals surface area contributed by atoms with Crippen LogP contribution in [0.5, 0.6) is 5.88 Å². The van der Waals surface area contributed by atoms with Crippen LogP contribution in [0.2, 0.25) is 5.02 Å². The van der Waals surface area contributed by atoms with Crippen LogP contribution in [0.1, 0.15) is 18.4 Å². The highest BCUT2D eigenvalue weighted by molar-refractivity contribution is 6.32. The van der Waals surface area contributed by atoms with Gasteiger partial charge < -0.3 is 9.47 Å². The number of aromatic nitrogens is 1. The molecule has 0 spiro atoms. The SMILES string of the molecule is N#Cc1ccnc(OC2CCOCC2)c1Cl. The lowest BCUT2D eigenvalue weighted by atomic mass is 10.1. The van der Waals surface area contributed by atoms with Crippen molar-refractivity contribution in [2.75, 3.05) is 13.2 Å². The van der Waals surface area contributed by atoms with E-state index in [9.17, 15) is 0 Å². The van der Waals surface area contributed by atoms with E-state index in [0.29, 0.717) is 24.7 Å². The lowest BCUT2D eigenvalue weighted by Crippen LogP contribution is -2.26. The van der Waals surface area contributed by atoms with E-state index < -0.39 is 0 Å². The van der Waals surface area contributed by atoms with E-state index >= 15 is 0 Å². The van der Waals surface area contributed by atoms with Crippen molar-refractivity contribution < 1.29 is 9.47 Å². The predicted molar refractivity (Wildman–Crippen MR) is 58.4 cm³/mol. The molecular weight excluding hydrogens is 228 g/mol. The van der Waals surface area contributed by atoms with Crippen LogP contribution >= 0.6 is 11.6 Å². The van der Waals surface area contributed by atoms with Gasteiger partial charge in [-0.05, 0) is 6.07 Å². The van der Waals surface area contributed by atoms with Crippen molar-refractivity contribution in [3.8, 4) is 11.9 Å². The predicted octanol–water partition coefficient (Wildman–Crippen LogP) is 2.16. The minimum atomic E-state index is 0.0766. The minimum Gasteiger partial charge on any atom is -0.473 e. The largest absolute Gasteiger partial charge is 0.473 e. The van der Waals surface area contributed by atoms with Crippen LogP contribution < -0.4 is 4.74 Å². The molecule has 0 amide bonds. The molecule has 0 aliphatic carbocycles. The van der Waals surface area contributed by atoms with Gasteiger partial charge in [0.05, 0.1) is 18.8 Å². The van der Waals surface area contributed by atoms with Gasteiger partial charge in [0.1, 0.15) is 17.2 Å². The smallest absolute Gasteiger partial charge is 0.234 e. The number of halogens is 1. The van der Waals surface area contributed by atoms with Crippen molar-refractivity contribution in [1.82, 2.24) is 4.98 Å². The number of rotatable bonds is 2. The summed E-state index contributed by atoms with van der Waals surface area (Å²) >= 11 is 5.99. The van der Waals surface area contributed by atoms with Gasteiger partial charge in [0.15, 0.2) is 0 Å². The highest BCUT2D eigenvalue weighted by atomic mass is 35.5. The summed E-state index contributed by atoms with van der Waals surface area (Å²) in [6.45, 7) is 1.39. The maximum Gasteiger partial charge on any atom is 0.234 e. The third-order valence-electron chi connectivity index (χ3n) is 2.42. The monoisotopic (exact) mass is 238 g/mol. The van der Waals surface area contributed by atoms with Gasteiger partial charge in [-0.3, -0.25) is 0 Å². The highest BCUT2D eigenvalue weighted by Gasteiger charge is 2.18. The summed E-state index contributed by atoms with van der Waals surface area (Å²) in [6.07, 6.45) is 3.26. The van der Waals surface area contributed by atoms with Crippen LogP contribution in [0.25, 0.3) is 0 Å². The average molecular weight is 239 g/mol. The summed E-state index contributed by atoms with van der Waals surface area (Å²) < 4.78 is 10.9. The molecule has 0 aromatic carbocycles. The van der Waals surface area contributed by atoms with Gasteiger partial charge in [-0.25, -0.2) is 4.98 Å². The lowest BCUT2D eigenvalue weighted by Gasteiger charge is -2.23. The summed E-state index contributed by atoms with van der Waals surface area (Å²) in [5.74, 6) is 0.340. The van der Waals surface area contributed by atoms with Gasteiger partial charge in [-0.1, -0.05) is 11.6 Å². The molecule has 1 aliphatic heterocycles. The topological polar surface area (TPSA) is 55.1 Å². The molecule has 2 rings (SSSR count). The molecule has 1 aliphatic rings. The van der Waals surface area contributed by atoms with E-state index in [1.807, 2.05) is 6.07 Å². The zero-order valence-corrected chi connectivity index (χ0v) is 9.41. The maximum atomic E-state index is 8.81. The van der Waals surface area contributed by atoms with Gasteiger partial charge in [0.25, 0.3) is 0 Å². The van der Waals surface area contributed by atoms with Gasteiger partial charge in [0.2, 0.25) is 5.88 Å². The number of hydrogen-bond donors (Lipinski definition) is 0. The fourth-order valence-corrected chi connectivity index (χ4v) is 1.74. The fourth-order valence-electron chi connectivity index (χ4n) is 1.54. The Morgan fingerprint density at radius 3 is 2.94 bits per heavy atom. The van der Waals surface area contributed by atoms with Crippen LogP contribution in [-0.4, -0.2) is 24.3 Å². The Morgan fingerprint density at radius 1 is 1.50 bits per heavy atom. The first kappa shape index (κ1) is 11.2. The molecule has 0 unspecified atom stereocenters. The van der Waals surface area contributed by atoms with E-state index in [0.717, 1.165) is 12.8 Å². The van der Waals surface area contributed by atoms with Crippen molar-refractivity contribution in [2.45, 2.75) is 18.9 Å². The van der Waals surface area contributed by atoms with Gasteiger partial charge in [0, 0.05) is 19.0 Å². The molecule has 0 radical (unpaired) electrons. The Labute approximate surface area is 98.8 Å². The first-order chi connectivity index (χ1) is 7.81. The average Bonchev–Trinajstić information content (AvgIpc) is 2.33. The van der Waals surface area contributed by atoms with Crippen LogP contribution in [0.3, 0.4) is 0 Å². The van der Waals surface area contributed by atoms with Gasteiger partial charge in [-0.15, -0.1) is 0 Å². The summed E-state index contributed by atoms with van der Waals surface area (Å²) in [5, 5.41) is 9.10. The third kappa shape index (κ3) is 2.43. The van der Waals surface area contributed by atoms with Crippen molar-refractivity contribution in [3.63, 3.8) is 0 Å². The molecule has 5 heteroatoms. The van der Waals surface area contributed by atoms with Crippen LogP contribution in [0.15, 0.2) is 12.3 Å². The number of nitriles is 1. The van der Waals surface area contributed by atoms with E-state index in [4.69, 9.17) is 26.3 Å². The first-order valence-electron chi connectivity index (χ1n) is 5.10. The Morgan fingerprint density at radius 2 is 2.25 bits per heavy atom. The highest BCUT2D eigenvalue weighted by Crippen LogP contribution is 2.27. The normalized spacial score (nSPS) is 16.8. The summed E-state index contributed by atoms with van der Waals surface area (Å²) in [7, 11) is 0. The summed E-state index contributed by atoms with van der Waals surface area (Å²) in [4.78, 5) is 4.03. The zero-order valence-electron chi connectivity index (χ0n) is 8.65. The minimum absolute atomic E-state index is 0.0766. The molecule has 0 saturated carbocycles. The van der Waals surface area contributed by atoms with E-state index in [-0.39, 0.29) is 11.1 Å². The van der Waals surface area contributed by atoms with Crippen molar-refractivity contribution in [3.05, 3.63) is 22.8 Å². The number of pyridine rings is 1. The Kier molecular flexibility index (Phi) is 3.60. The van der Waals surface area contributed by atoms with Gasteiger partial charge >= 0.3 is 0 Å². The molecule has 0 atom stereocenters. The number of ether oxygens (including phenoxy) is 2. The van der Waals surface area contributed by atoms with Crippen LogP contribution in [-0.2, 0) is 4.74 Å². The second-order valence-electron chi connectivity index (χ2n) is 3.52. The summed E-state index contributed by atoms with van der Waals surface area (Å²) in [5.41, 5.74) is 0.388. The second-order valence-corrected chi connectivity index (χ2v) is 3.90. The van der Waals surface area contributed by atoms with Crippen molar-refractivity contribution in [1.29, 1.82) is 5.26 Å². The lowest BCUT2D eigenvalue weighted by molar-refractivity contribution is 0.0238. The molecule has 0 bridgehead atoms. The van der Waals surface area contributed by atoms with E-state index in [1.165, 1.54) is 6.20 Å². The molecule has 1 aromatic rings. The van der Waals surface area contributed by atoms with E-state index in [1.54, 1.807) is 6.07 Å². The van der Waals surface area contributed by atoms with Crippen molar-refractivity contribution >= 4 is 11.6 Å². The molecular formula is C11H11ClN2O2. The molecule has 16 heavy (non-hydrogen) atoms. The molecule has 1 fully saturated rings. The van der Waals surface area contributed by atoms with E-state index in [2.05, 4.69) is 4.98 Å². The Bertz CT molecular complexity index is 411. The quantitative estimate of drug-likeness (QED) is 0.792. The molecule has 1 aromatic heterocycles. The van der Waals surface area contributed by atoms with Gasteiger partial charge in [-0.2, -0.15) is 5.26 Å². The molecule has 0 N–H and O–H groups in total.